The fourth-order valence-electron chi connectivity index (χ4n) is 2.04. The normalized spacial score (nSPS) is 19.9. The third-order valence-electron chi connectivity index (χ3n) is 4.01. The number of hydrogen-bond donors (Lipinski definition) is 1. The van der Waals surface area contributed by atoms with E-state index in [1.165, 1.54) is 6.07 Å². The molecule has 1 saturated heterocycles. The Morgan fingerprint density at radius 2 is 1.75 bits per heavy atom. The van der Waals surface area contributed by atoms with Crippen molar-refractivity contribution in [2.75, 3.05) is 12.4 Å². The van der Waals surface area contributed by atoms with Crippen molar-refractivity contribution in [3.8, 4) is 0 Å². The lowest BCUT2D eigenvalue weighted by atomic mass is 9.79. The quantitative estimate of drug-likeness (QED) is 0.519. The second-order valence-electron chi connectivity index (χ2n) is 5.87. The zero-order valence-electron chi connectivity index (χ0n) is 12.4. The minimum absolute atomic E-state index is 0.0350. The molecule has 0 aliphatic carbocycles. The van der Waals surface area contributed by atoms with Crippen LogP contribution in [-0.4, -0.2) is 30.3 Å². The van der Waals surface area contributed by atoms with Crippen LogP contribution in [0.5, 0.6) is 0 Å². The van der Waals surface area contributed by atoms with Gasteiger partial charge in [0.1, 0.15) is 5.69 Å². The van der Waals surface area contributed by atoms with Crippen molar-refractivity contribution in [1.82, 2.24) is 0 Å². The topological polar surface area (TPSA) is 73.6 Å². The first-order valence-corrected chi connectivity index (χ1v) is 6.50. The van der Waals surface area contributed by atoms with Crippen LogP contribution in [0.1, 0.15) is 27.7 Å². The predicted molar refractivity (Wildman–Crippen MR) is 78.4 cm³/mol. The molecule has 1 aliphatic heterocycles. The second-order valence-corrected chi connectivity index (χ2v) is 5.87. The van der Waals surface area contributed by atoms with Crippen molar-refractivity contribution >= 4 is 24.0 Å². The van der Waals surface area contributed by atoms with E-state index < -0.39 is 23.2 Å². The molecule has 0 bridgehead atoms. The zero-order chi connectivity index (χ0) is 15.1. The molecule has 1 heterocycles. The smallest absolute Gasteiger partial charge is 0.399 e. The molecular weight excluding hydrogens is 259 g/mol. The van der Waals surface area contributed by atoms with E-state index in [-0.39, 0.29) is 5.69 Å². The van der Waals surface area contributed by atoms with Gasteiger partial charge in [-0.1, -0.05) is 6.07 Å². The van der Waals surface area contributed by atoms with E-state index in [4.69, 9.17) is 9.31 Å². The van der Waals surface area contributed by atoms with Crippen LogP contribution in [0.25, 0.3) is 0 Å². The lowest BCUT2D eigenvalue weighted by Gasteiger charge is -2.32. The first-order chi connectivity index (χ1) is 9.18. The number of nitrogens with zero attached hydrogens (tertiary/aromatic N) is 1. The number of anilines is 1. The summed E-state index contributed by atoms with van der Waals surface area (Å²) in [4.78, 5) is 10.5. The molecule has 1 fully saturated rings. The van der Waals surface area contributed by atoms with E-state index in [0.717, 1.165) is 5.46 Å². The van der Waals surface area contributed by atoms with Crippen LogP contribution >= 0.6 is 0 Å². The van der Waals surface area contributed by atoms with Crippen LogP contribution in [-0.2, 0) is 9.31 Å². The third-order valence-corrected chi connectivity index (χ3v) is 4.01. The molecule has 0 radical (unpaired) electrons. The van der Waals surface area contributed by atoms with Crippen LogP contribution in [0.3, 0.4) is 0 Å². The van der Waals surface area contributed by atoms with Crippen molar-refractivity contribution in [3.05, 3.63) is 28.3 Å². The van der Waals surface area contributed by atoms with Gasteiger partial charge in [0.05, 0.1) is 16.1 Å². The second kappa shape index (κ2) is 4.75. The molecule has 0 spiro atoms. The van der Waals surface area contributed by atoms with E-state index in [1.54, 1.807) is 19.2 Å². The number of nitro benzene ring substituents is 1. The third kappa shape index (κ3) is 2.38. The Hall–Kier alpha value is -1.60. The number of hydrogen-bond acceptors (Lipinski definition) is 5. The lowest BCUT2D eigenvalue weighted by molar-refractivity contribution is -0.383. The highest BCUT2D eigenvalue weighted by molar-refractivity contribution is 6.62. The van der Waals surface area contributed by atoms with Gasteiger partial charge in [0.2, 0.25) is 0 Å². The van der Waals surface area contributed by atoms with Crippen molar-refractivity contribution in [1.29, 1.82) is 0 Å². The summed E-state index contributed by atoms with van der Waals surface area (Å²) in [5.41, 5.74) is 0.381. The van der Waals surface area contributed by atoms with Crippen LogP contribution in [0.15, 0.2) is 18.2 Å². The SMILES string of the molecule is CNc1cc(B2OC(C)(C)C(C)(C)O2)ccc1[N+](=O)[O-]. The maximum atomic E-state index is 10.9. The number of rotatable bonds is 3. The summed E-state index contributed by atoms with van der Waals surface area (Å²) in [6.07, 6.45) is 0. The number of nitro groups is 1. The average molecular weight is 278 g/mol. The van der Waals surface area contributed by atoms with Crippen LogP contribution in [0.2, 0.25) is 0 Å². The monoisotopic (exact) mass is 278 g/mol. The standard InChI is InChI=1S/C13H19BN2O4/c1-12(2)13(3,4)20-14(19-12)9-6-7-11(16(17)18)10(8-9)15-5/h6-8,15H,1-5H3. The summed E-state index contributed by atoms with van der Waals surface area (Å²) in [7, 11) is 1.13. The minimum Gasteiger partial charge on any atom is -0.399 e. The lowest BCUT2D eigenvalue weighted by Crippen LogP contribution is -2.41. The maximum absolute atomic E-state index is 10.9. The Kier molecular flexibility index (Phi) is 3.52. The van der Waals surface area contributed by atoms with Crippen LogP contribution in [0, 0.1) is 10.1 Å². The molecule has 0 atom stereocenters. The number of nitrogens with one attached hydrogen (secondary N) is 1. The molecule has 1 aromatic rings. The highest BCUT2D eigenvalue weighted by Gasteiger charge is 2.51. The molecule has 2 rings (SSSR count). The van der Waals surface area contributed by atoms with Gasteiger partial charge in [0, 0.05) is 13.1 Å². The summed E-state index contributed by atoms with van der Waals surface area (Å²) in [5.74, 6) is 0. The summed E-state index contributed by atoms with van der Waals surface area (Å²) in [5, 5.41) is 13.8. The van der Waals surface area contributed by atoms with E-state index in [0.29, 0.717) is 5.69 Å². The summed E-state index contributed by atoms with van der Waals surface area (Å²) in [6.45, 7) is 7.88. The van der Waals surface area contributed by atoms with Gasteiger partial charge >= 0.3 is 7.12 Å². The molecule has 1 aliphatic rings. The van der Waals surface area contributed by atoms with Crippen molar-refractivity contribution in [2.45, 2.75) is 38.9 Å². The first-order valence-electron chi connectivity index (χ1n) is 6.50. The molecule has 0 saturated carbocycles. The molecule has 1 N–H and O–H groups in total. The van der Waals surface area contributed by atoms with Crippen molar-refractivity contribution in [3.63, 3.8) is 0 Å². The van der Waals surface area contributed by atoms with Gasteiger partial charge in [-0.25, -0.2) is 0 Å². The Bertz CT molecular complexity index is 529. The van der Waals surface area contributed by atoms with Gasteiger partial charge in [-0.2, -0.15) is 0 Å². The largest absolute Gasteiger partial charge is 0.494 e. The van der Waals surface area contributed by atoms with E-state index in [9.17, 15) is 10.1 Å². The predicted octanol–water partition coefficient (Wildman–Crippen LogP) is 1.94. The highest BCUT2D eigenvalue weighted by atomic mass is 16.7. The summed E-state index contributed by atoms with van der Waals surface area (Å²) < 4.78 is 11.9. The van der Waals surface area contributed by atoms with Crippen LogP contribution in [0.4, 0.5) is 11.4 Å². The van der Waals surface area contributed by atoms with Gasteiger partial charge in [0.25, 0.3) is 5.69 Å². The molecule has 0 aromatic heterocycles. The van der Waals surface area contributed by atoms with Gasteiger partial charge < -0.3 is 14.6 Å². The van der Waals surface area contributed by atoms with Gasteiger partial charge in [-0.05, 0) is 39.2 Å². The highest BCUT2D eigenvalue weighted by Crippen LogP contribution is 2.36. The van der Waals surface area contributed by atoms with E-state index >= 15 is 0 Å². The van der Waals surface area contributed by atoms with E-state index in [2.05, 4.69) is 5.32 Å². The average Bonchev–Trinajstić information content (AvgIpc) is 2.57. The summed E-state index contributed by atoms with van der Waals surface area (Å²) in [6, 6.07) is 4.83. The fraction of sp³-hybridized carbons (Fsp3) is 0.538. The molecule has 1 aromatic carbocycles. The minimum atomic E-state index is -0.520. The Labute approximate surface area is 118 Å². The molecule has 108 valence electrons. The maximum Gasteiger partial charge on any atom is 0.494 e. The molecule has 0 unspecified atom stereocenters. The van der Waals surface area contributed by atoms with Gasteiger partial charge in [-0.3, -0.25) is 10.1 Å². The fourth-order valence-corrected chi connectivity index (χ4v) is 2.04. The Morgan fingerprint density at radius 3 is 2.20 bits per heavy atom. The Balaban J connectivity index is 2.34. The molecule has 0 amide bonds. The van der Waals surface area contributed by atoms with Crippen molar-refractivity contribution in [2.24, 2.45) is 0 Å². The van der Waals surface area contributed by atoms with Gasteiger partial charge in [0.15, 0.2) is 0 Å². The van der Waals surface area contributed by atoms with Gasteiger partial charge in [-0.15, -0.1) is 0 Å². The number of benzene rings is 1. The molecule has 6 nitrogen and oxygen atoms in total. The zero-order valence-corrected chi connectivity index (χ0v) is 12.4. The Morgan fingerprint density at radius 1 is 1.20 bits per heavy atom. The molecule has 7 heteroatoms. The molecular formula is C13H19BN2O4. The van der Waals surface area contributed by atoms with E-state index in [1.807, 2.05) is 27.7 Å². The molecule has 20 heavy (non-hydrogen) atoms. The first kappa shape index (κ1) is 14.8. The van der Waals surface area contributed by atoms with Crippen molar-refractivity contribution < 1.29 is 14.2 Å². The van der Waals surface area contributed by atoms with Crippen LogP contribution < -0.4 is 10.8 Å². The summed E-state index contributed by atoms with van der Waals surface area (Å²) >= 11 is 0.